The van der Waals surface area contributed by atoms with Gasteiger partial charge in [0.25, 0.3) is 0 Å². The largest absolute Gasteiger partial charge is 0.497 e. The topological polar surface area (TPSA) is 82.6 Å². The van der Waals surface area contributed by atoms with Crippen molar-refractivity contribution in [2.24, 2.45) is 5.92 Å². The molecule has 37 heavy (non-hydrogen) atoms. The van der Waals surface area contributed by atoms with E-state index < -0.39 is 10.0 Å². The molecule has 1 aliphatic heterocycles. The first-order valence-electron chi connectivity index (χ1n) is 12.9. The fraction of sp³-hybridized carbons (Fsp3) is 0.741. The summed E-state index contributed by atoms with van der Waals surface area (Å²) in [5.74, 6) is 1.09. The first-order chi connectivity index (χ1) is 17.0. The highest BCUT2D eigenvalue weighted by Crippen LogP contribution is 2.30. The van der Waals surface area contributed by atoms with Crippen molar-refractivity contribution in [3.8, 4) is 5.75 Å². The third-order valence-corrected chi connectivity index (χ3v) is 9.80. The van der Waals surface area contributed by atoms with Gasteiger partial charge in [0.2, 0.25) is 15.9 Å². The minimum atomic E-state index is -3.68. The summed E-state index contributed by atoms with van der Waals surface area (Å²) >= 11 is 0. The van der Waals surface area contributed by atoms with Crippen LogP contribution in [0.5, 0.6) is 5.75 Å². The molecule has 1 aromatic carbocycles. The quantitative estimate of drug-likeness (QED) is 0.399. The number of methoxy groups -OCH3 is 1. The van der Waals surface area contributed by atoms with Gasteiger partial charge in [0, 0.05) is 59.4 Å². The summed E-state index contributed by atoms with van der Waals surface area (Å²) in [7, 11) is 3.43. The van der Waals surface area contributed by atoms with E-state index in [0.29, 0.717) is 28.8 Å². The second-order valence-electron chi connectivity index (χ2n) is 10.4. The summed E-state index contributed by atoms with van der Waals surface area (Å²) in [4.78, 5) is 19.6. The van der Waals surface area contributed by atoms with Crippen molar-refractivity contribution in [2.75, 3.05) is 80.7 Å². The van der Waals surface area contributed by atoms with E-state index in [1.165, 1.54) is 17.8 Å². The maximum atomic E-state index is 13.1. The van der Waals surface area contributed by atoms with Gasteiger partial charge in [0.1, 0.15) is 12.4 Å². The number of carbonyl (C=O) groups is 1. The van der Waals surface area contributed by atoms with Crippen LogP contribution in [0.15, 0.2) is 17.0 Å². The lowest BCUT2D eigenvalue weighted by Crippen LogP contribution is -2.48. The zero-order chi connectivity index (χ0) is 26.5. The third-order valence-electron chi connectivity index (χ3n) is 7.64. The Kier molecular flexibility index (Phi) is 11.8. The monoisotopic (exact) mass is 540 g/mol. The number of hydrogen-bond donors (Lipinski definition) is 0. The fourth-order valence-corrected chi connectivity index (χ4v) is 6.95. The Morgan fingerprint density at radius 3 is 2.30 bits per heavy atom. The van der Waals surface area contributed by atoms with E-state index in [0.717, 1.165) is 45.6 Å². The Hall–Kier alpha value is -1.72. The molecule has 1 saturated carbocycles. The normalized spacial score (nSPS) is 21.2. The predicted octanol–water partition coefficient (Wildman–Crippen LogP) is 2.46. The van der Waals surface area contributed by atoms with Crippen LogP contribution in [0.1, 0.15) is 37.8 Å². The van der Waals surface area contributed by atoms with E-state index in [-0.39, 0.29) is 38.0 Å². The van der Waals surface area contributed by atoms with Gasteiger partial charge in [0.05, 0.1) is 18.6 Å². The molecule has 2 atom stereocenters. The summed E-state index contributed by atoms with van der Waals surface area (Å²) in [6, 6.07) is 4.08. The molecule has 10 heteroatoms. The molecule has 2 unspecified atom stereocenters. The smallest absolute Gasteiger partial charge is 0.248 e. The van der Waals surface area contributed by atoms with E-state index >= 15 is 0 Å². The van der Waals surface area contributed by atoms with Crippen LogP contribution >= 0.6 is 0 Å². The van der Waals surface area contributed by atoms with Crippen molar-refractivity contribution < 1.29 is 22.7 Å². The average Bonchev–Trinajstić information content (AvgIpc) is 3.29. The maximum absolute atomic E-state index is 13.1. The molecular formula is C27H48N4O5S. The standard InChI is InChI=1S/C26H44N4O5S.CH4/c1-20-15-24(34-6)16-21(2)26(20)36(32,33)29(5)13-14-35-19-25(31)28(4)18-22-7-8-23(17-22)30-11-9-27(3)10-12-30;/h15-16,22-23H,7-14,17-19H2,1-6H3;1H4. The van der Waals surface area contributed by atoms with Crippen molar-refractivity contribution >= 4 is 15.9 Å². The Balaban J connectivity index is 0.00000481. The van der Waals surface area contributed by atoms with E-state index in [2.05, 4.69) is 16.8 Å². The molecule has 1 heterocycles. The van der Waals surface area contributed by atoms with Crippen molar-refractivity contribution in [3.63, 3.8) is 0 Å². The number of hydrogen-bond acceptors (Lipinski definition) is 7. The molecule has 1 amide bonds. The Morgan fingerprint density at radius 1 is 1.08 bits per heavy atom. The van der Waals surface area contributed by atoms with Crippen LogP contribution in [-0.4, -0.2) is 120 Å². The number of piperazine rings is 1. The fourth-order valence-electron chi connectivity index (χ4n) is 5.40. The molecule has 1 aromatic rings. The maximum Gasteiger partial charge on any atom is 0.248 e. The van der Waals surface area contributed by atoms with Gasteiger partial charge in [-0.25, -0.2) is 8.42 Å². The molecule has 0 radical (unpaired) electrons. The Labute approximate surface area is 224 Å². The first kappa shape index (κ1) is 31.5. The van der Waals surface area contributed by atoms with Crippen molar-refractivity contribution in [3.05, 3.63) is 23.3 Å². The minimum absolute atomic E-state index is 0. The van der Waals surface area contributed by atoms with Crippen LogP contribution in [-0.2, 0) is 19.6 Å². The summed E-state index contributed by atoms with van der Waals surface area (Å²) in [6.07, 6.45) is 3.51. The molecule has 1 saturated heterocycles. The van der Waals surface area contributed by atoms with Crippen molar-refractivity contribution in [1.29, 1.82) is 0 Å². The zero-order valence-corrected chi connectivity index (χ0v) is 23.6. The van der Waals surface area contributed by atoms with Crippen LogP contribution in [0.3, 0.4) is 0 Å². The number of sulfonamides is 1. The van der Waals surface area contributed by atoms with Crippen LogP contribution in [0, 0.1) is 19.8 Å². The number of carbonyl (C=O) groups excluding carboxylic acids is 1. The second-order valence-corrected chi connectivity index (χ2v) is 12.4. The molecule has 0 spiro atoms. The molecule has 0 bridgehead atoms. The van der Waals surface area contributed by atoms with E-state index in [1.54, 1.807) is 38.0 Å². The van der Waals surface area contributed by atoms with Gasteiger partial charge in [0.15, 0.2) is 0 Å². The van der Waals surface area contributed by atoms with Gasteiger partial charge in [-0.3, -0.25) is 9.69 Å². The van der Waals surface area contributed by atoms with Gasteiger partial charge in [-0.15, -0.1) is 0 Å². The van der Waals surface area contributed by atoms with Gasteiger partial charge in [-0.1, -0.05) is 7.43 Å². The molecule has 0 N–H and O–H groups in total. The number of nitrogens with zero attached hydrogens (tertiary/aromatic N) is 4. The highest BCUT2D eigenvalue weighted by Gasteiger charge is 2.32. The summed E-state index contributed by atoms with van der Waals surface area (Å²) in [5.41, 5.74) is 1.27. The van der Waals surface area contributed by atoms with Crippen LogP contribution in [0.2, 0.25) is 0 Å². The molecule has 2 aliphatic rings. The molecule has 1 aliphatic carbocycles. The number of likely N-dealkylation sites (N-methyl/N-ethyl adjacent to an activating group) is 3. The Morgan fingerprint density at radius 2 is 1.70 bits per heavy atom. The second kappa shape index (κ2) is 13.9. The number of ether oxygens (including phenoxy) is 2. The number of amides is 1. The molecular weight excluding hydrogens is 492 g/mol. The van der Waals surface area contributed by atoms with E-state index in [4.69, 9.17) is 9.47 Å². The first-order valence-corrected chi connectivity index (χ1v) is 14.3. The van der Waals surface area contributed by atoms with Gasteiger partial charge in [-0.2, -0.15) is 4.31 Å². The van der Waals surface area contributed by atoms with Crippen molar-refractivity contribution in [2.45, 2.75) is 51.5 Å². The highest BCUT2D eigenvalue weighted by atomic mass is 32.2. The highest BCUT2D eigenvalue weighted by molar-refractivity contribution is 7.89. The van der Waals surface area contributed by atoms with Crippen LogP contribution in [0.4, 0.5) is 0 Å². The van der Waals surface area contributed by atoms with Gasteiger partial charge >= 0.3 is 0 Å². The lowest BCUT2D eigenvalue weighted by molar-refractivity contribution is -0.135. The predicted molar refractivity (Wildman–Crippen MR) is 148 cm³/mol. The van der Waals surface area contributed by atoms with Crippen LogP contribution in [0.25, 0.3) is 0 Å². The average molecular weight is 541 g/mol. The molecule has 0 aromatic heterocycles. The van der Waals surface area contributed by atoms with E-state index in [1.807, 2.05) is 7.05 Å². The number of aryl methyl sites for hydroxylation is 2. The summed E-state index contributed by atoms with van der Waals surface area (Å²) < 4.78 is 38.3. The lowest BCUT2D eigenvalue weighted by atomic mass is 10.1. The SMILES string of the molecule is C.COc1cc(C)c(S(=O)(=O)N(C)CCOCC(=O)N(C)CC2CCC(N3CCN(C)CC3)C2)c(C)c1. The van der Waals surface area contributed by atoms with Crippen molar-refractivity contribution in [1.82, 2.24) is 19.0 Å². The Bertz CT molecular complexity index is 972. The number of rotatable bonds is 11. The van der Waals surface area contributed by atoms with E-state index in [9.17, 15) is 13.2 Å². The molecule has 2 fully saturated rings. The third kappa shape index (κ3) is 8.13. The summed E-state index contributed by atoms with van der Waals surface area (Å²) in [5, 5.41) is 0. The summed E-state index contributed by atoms with van der Waals surface area (Å²) in [6.45, 7) is 9.09. The zero-order valence-electron chi connectivity index (χ0n) is 22.8. The van der Waals surface area contributed by atoms with Crippen LogP contribution < -0.4 is 4.74 Å². The molecule has 3 rings (SSSR count). The lowest BCUT2D eigenvalue weighted by Gasteiger charge is -2.36. The molecule has 9 nitrogen and oxygen atoms in total. The van der Waals surface area contributed by atoms with Gasteiger partial charge in [-0.05, 0) is 69.3 Å². The minimum Gasteiger partial charge on any atom is -0.497 e. The van der Waals surface area contributed by atoms with Gasteiger partial charge < -0.3 is 19.3 Å². The molecule has 212 valence electrons. The number of benzene rings is 1.